The quantitative estimate of drug-likeness (QED) is 0.807. The molecule has 3 N–H and O–H groups in total. The van der Waals surface area contributed by atoms with Crippen molar-refractivity contribution < 1.29 is 27.9 Å². The largest absolute Gasteiger partial charge is 0.481 e. The molecule has 0 aromatic rings. The molecule has 1 saturated heterocycles. The second-order valence-corrected chi connectivity index (χ2v) is 6.28. The van der Waals surface area contributed by atoms with Crippen molar-refractivity contribution >= 4 is 11.9 Å². The Hall–Kier alpha value is -1.31. The Balaban J connectivity index is 2.22. The molecule has 0 aromatic heterocycles. The number of alkyl halides is 3. The van der Waals surface area contributed by atoms with E-state index in [2.05, 4.69) is 0 Å². The molecule has 0 aromatic carbocycles. The highest BCUT2D eigenvalue weighted by molar-refractivity contribution is 5.86. The third-order valence-corrected chi connectivity index (χ3v) is 5.03. The number of carbonyl (C=O) groups excluding carboxylic acids is 1. The molecular formula is C13H19F3N2O3. The van der Waals surface area contributed by atoms with E-state index in [0.717, 1.165) is 11.3 Å². The first kappa shape index (κ1) is 16.1. The van der Waals surface area contributed by atoms with Crippen LogP contribution in [0.4, 0.5) is 13.2 Å². The Morgan fingerprint density at radius 2 is 1.95 bits per heavy atom. The number of amides is 1. The Labute approximate surface area is 120 Å². The zero-order valence-corrected chi connectivity index (χ0v) is 11.7. The van der Waals surface area contributed by atoms with Gasteiger partial charge in [0.2, 0.25) is 5.91 Å². The van der Waals surface area contributed by atoms with Crippen molar-refractivity contribution in [2.24, 2.45) is 16.6 Å². The SMILES string of the molecule is CC1(C(=O)N2CCC(C(=O)O)(C(F)(F)F)C2)CCCC1N. The number of rotatable bonds is 2. The summed E-state index contributed by atoms with van der Waals surface area (Å²) in [4.78, 5) is 24.6. The molecule has 21 heavy (non-hydrogen) atoms. The van der Waals surface area contributed by atoms with Crippen LogP contribution in [0.25, 0.3) is 0 Å². The Morgan fingerprint density at radius 3 is 2.33 bits per heavy atom. The zero-order valence-electron chi connectivity index (χ0n) is 11.7. The first-order valence-electron chi connectivity index (χ1n) is 6.90. The number of carboxylic acid groups (broad SMARTS) is 1. The molecule has 3 unspecified atom stereocenters. The van der Waals surface area contributed by atoms with Gasteiger partial charge in [-0.1, -0.05) is 6.42 Å². The van der Waals surface area contributed by atoms with E-state index in [9.17, 15) is 22.8 Å². The van der Waals surface area contributed by atoms with Crippen LogP contribution in [0, 0.1) is 10.8 Å². The molecular weight excluding hydrogens is 289 g/mol. The lowest BCUT2D eigenvalue weighted by atomic mass is 9.83. The highest BCUT2D eigenvalue weighted by atomic mass is 19.4. The molecule has 120 valence electrons. The third kappa shape index (κ3) is 2.29. The maximum Gasteiger partial charge on any atom is 0.406 e. The molecule has 1 amide bonds. The molecule has 0 spiro atoms. The van der Waals surface area contributed by atoms with Gasteiger partial charge in [0.15, 0.2) is 5.41 Å². The van der Waals surface area contributed by atoms with E-state index in [-0.39, 0.29) is 6.54 Å². The van der Waals surface area contributed by atoms with Gasteiger partial charge in [0, 0.05) is 19.1 Å². The number of carboxylic acids is 1. The number of hydrogen-bond donors (Lipinski definition) is 2. The lowest BCUT2D eigenvalue weighted by Gasteiger charge is -2.33. The van der Waals surface area contributed by atoms with Crippen LogP contribution in [0.3, 0.4) is 0 Å². The number of aliphatic carboxylic acids is 1. The summed E-state index contributed by atoms with van der Waals surface area (Å²) in [6.45, 7) is 0.626. The van der Waals surface area contributed by atoms with Crippen molar-refractivity contribution in [1.29, 1.82) is 0 Å². The fourth-order valence-corrected chi connectivity index (χ4v) is 3.33. The van der Waals surface area contributed by atoms with E-state index >= 15 is 0 Å². The second kappa shape index (κ2) is 4.86. The number of nitrogens with two attached hydrogens (primary N) is 1. The Kier molecular flexibility index (Phi) is 3.72. The van der Waals surface area contributed by atoms with Gasteiger partial charge in [0.25, 0.3) is 0 Å². The van der Waals surface area contributed by atoms with Crippen LogP contribution in [0.2, 0.25) is 0 Å². The molecule has 1 saturated carbocycles. The van der Waals surface area contributed by atoms with E-state index in [4.69, 9.17) is 10.8 Å². The van der Waals surface area contributed by atoms with Crippen LogP contribution in [-0.4, -0.2) is 47.2 Å². The van der Waals surface area contributed by atoms with Gasteiger partial charge in [-0.15, -0.1) is 0 Å². The lowest BCUT2D eigenvalue weighted by molar-refractivity contribution is -0.227. The maximum absolute atomic E-state index is 13.1. The molecule has 2 aliphatic rings. The predicted octanol–water partition coefficient (Wildman–Crippen LogP) is 1.37. The monoisotopic (exact) mass is 308 g/mol. The van der Waals surface area contributed by atoms with Gasteiger partial charge in [-0.3, -0.25) is 9.59 Å². The number of hydrogen-bond acceptors (Lipinski definition) is 3. The van der Waals surface area contributed by atoms with Gasteiger partial charge >= 0.3 is 12.1 Å². The maximum atomic E-state index is 13.1. The van der Waals surface area contributed by atoms with E-state index in [1.54, 1.807) is 6.92 Å². The molecule has 2 rings (SSSR count). The van der Waals surface area contributed by atoms with Crippen molar-refractivity contribution in [3.05, 3.63) is 0 Å². The van der Waals surface area contributed by atoms with Crippen LogP contribution in [0.1, 0.15) is 32.6 Å². The molecule has 5 nitrogen and oxygen atoms in total. The first-order valence-corrected chi connectivity index (χ1v) is 6.90. The number of likely N-dealkylation sites (tertiary alicyclic amines) is 1. The fourth-order valence-electron chi connectivity index (χ4n) is 3.33. The summed E-state index contributed by atoms with van der Waals surface area (Å²) >= 11 is 0. The molecule has 3 atom stereocenters. The molecule has 1 aliphatic carbocycles. The minimum absolute atomic E-state index is 0.201. The van der Waals surface area contributed by atoms with E-state index in [0.29, 0.717) is 12.8 Å². The predicted molar refractivity (Wildman–Crippen MR) is 67.3 cm³/mol. The van der Waals surface area contributed by atoms with Gasteiger partial charge in [-0.05, 0) is 26.2 Å². The zero-order chi connectivity index (χ0) is 16.1. The van der Waals surface area contributed by atoms with Crippen LogP contribution >= 0.6 is 0 Å². The van der Waals surface area contributed by atoms with Gasteiger partial charge in [0.1, 0.15) is 0 Å². The lowest BCUT2D eigenvalue weighted by Crippen LogP contribution is -2.52. The van der Waals surface area contributed by atoms with Crippen LogP contribution < -0.4 is 5.73 Å². The Bertz CT molecular complexity index is 468. The third-order valence-electron chi connectivity index (χ3n) is 5.03. The normalized spacial score (nSPS) is 37.0. The van der Waals surface area contributed by atoms with Crippen molar-refractivity contribution in [1.82, 2.24) is 4.90 Å². The van der Waals surface area contributed by atoms with E-state index in [1.165, 1.54) is 0 Å². The molecule has 8 heteroatoms. The summed E-state index contributed by atoms with van der Waals surface area (Å²) in [5.41, 5.74) is 2.16. The van der Waals surface area contributed by atoms with Gasteiger partial charge in [-0.2, -0.15) is 13.2 Å². The van der Waals surface area contributed by atoms with Crippen molar-refractivity contribution in [3.8, 4) is 0 Å². The average molecular weight is 308 g/mol. The highest BCUT2D eigenvalue weighted by Gasteiger charge is 2.65. The molecule has 2 fully saturated rings. The van der Waals surface area contributed by atoms with E-state index in [1.807, 2.05) is 0 Å². The molecule has 0 bridgehead atoms. The number of nitrogens with zero attached hydrogens (tertiary/aromatic N) is 1. The topological polar surface area (TPSA) is 83.6 Å². The fraction of sp³-hybridized carbons (Fsp3) is 0.846. The second-order valence-electron chi connectivity index (χ2n) is 6.28. The molecule has 1 aliphatic heterocycles. The summed E-state index contributed by atoms with van der Waals surface area (Å²) in [6.07, 6.45) is -3.56. The minimum Gasteiger partial charge on any atom is -0.481 e. The minimum atomic E-state index is -4.88. The van der Waals surface area contributed by atoms with Crippen molar-refractivity contribution in [2.75, 3.05) is 13.1 Å². The van der Waals surface area contributed by atoms with Gasteiger partial charge in [0.05, 0.1) is 5.41 Å². The van der Waals surface area contributed by atoms with Gasteiger partial charge in [-0.25, -0.2) is 0 Å². The Morgan fingerprint density at radius 1 is 1.33 bits per heavy atom. The standard InChI is InChI=1S/C13H19F3N2O3/c1-11(4-2-3-8(11)17)9(19)18-6-5-12(7-18,10(20)21)13(14,15)16/h8H,2-7,17H2,1H3,(H,20,21). The van der Waals surface area contributed by atoms with Crippen molar-refractivity contribution in [2.45, 2.75) is 44.8 Å². The number of halogens is 3. The summed E-state index contributed by atoms with van der Waals surface area (Å²) in [5.74, 6) is -2.38. The van der Waals surface area contributed by atoms with Crippen LogP contribution in [-0.2, 0) is 9.59 Å². The molecule has 0 radical (unpaired) electrons. The number of carbonyl (C=O) groups is 2. The average Bonchev–Trinajstić information content (AvgIpc) is 2.94. The van der Waals surface area contributed by atoms with Crippen LogP contribution in [0.5, 0.6) is 0 Å². The highest BCUT2D eigenvalue weighted by Crippen LogP contribution is 2.47. The summed E-state index contributed by atoms with van der Waals surface area (Å²) < 4.78 is 39.3. The summed E-state index contributed by atoms with van der Waals surface area (Å²) in [7, 11) is 0. The summed E-state index contributed by atoms with van der Waals surface area (Å²) in [6, 6.07) is -0.393. The summed E-state index contributed by atoms with van der Waals surface area (Å²) in [5, 5.41) is 9.00. The van der Waals surface area contributed by atoms with Crippen molar-refractivity contribution in [3.63, 3.8) is 0 Å². The van der Waals surface area contributed by atoms with Crippen LogP contribution in [0.15, 0.2) is 0 Å². The smallest absolute Gasteiger partial charge is 0.406 e. The molecule has 1 heterocycles. The van der Waals surface area contributed by atoms with E-state index < -0.39 is 47.9 Å². The van der Waals surface area contributed by atoms with Gasteiger partial charge < -0.3 is 15.7 Å². The first-order chi connectivity index (χ1) is 9.54.